The quantitative estimate of drug-likeness (QED) is 0.893. The predicted molar refractivity (Wildman–Crippen MR) is 79.0 cm³/mol. The molecule has 2 aromatic rings. The topological polar surface area (TPSA) is 78.5 Å². The summed E-state index contributed by atoms with van der Waals surface area (Å²) < 4.78 is 5.82. The monoisotopic (exact) mass is 348 g/mol. The fourth-order valence-electron chi connectivity index (χ4n) is 1.65. The number of benzene rings is 2. The minimum absolute atomic E-state index is 0.0846. The summed E-state index contributed by atoms with van der Waals surface area (Å²) in [5, 5.41) is 13.6. The summed E-state index contributed by atoms with van der Waals surface area (Å²) in [6.45, 7) is -0.295. The van der Waals surface area contributed by atoms with Gasteiger partial charge in [0.1, 0.15) is 5.75 Å². The number of rotatable bonds is 5. The summed E-state index contributed by atoms with van der Waals surface area (Å²) in [5.74, 6) is -1.66. The second-order valence-electron chi connectivity index (χ2n) is 4.13. The van der Waals surface area contributed by atoms with Gasteiger partial charge in [0, 0.05) is 15.7 Å². The van der Waals surface area contributed by atoms with Crippen LogP contribution in [0.25, 0.3) is 0 Å². The Kier molecular flexibility index (Phi) is 4.94. The van der Waals surface area contributed by atoms with Crippen LogP contribution >= 0.6 is 15.9 Å². The zero-order valence-electron chi connectivity index (χ0n) is 10.8. The maximum atomic E-state index is 11.7. The lowest BCUT2D eigenvalue weighted by Crippen LogP contribution is -2.25. The summed E-state index contributed by atoms with van der Waals surface area (Å²) in [5.41, 5.74) is 0.527. The Morgan fingerprint density at radius 3 is 2.52 bits per heavy atom. The molecule has 0 aromatic heterocycles. The van der Waals surface area contributed by atoms with E-state index in [-0.39, 0.29) is 23.8 Å². The predicted octanol–water partition coefficient (Wildman–Crippen LogP) is 1.83. The van der Waals surface area contributed by atoms with Crippen LogP contribution in [0.2, 0.25) is 0 Å². The van der Waals surface area contributed by atoms with E-state index in [9.17, 15) is 14.7 Å². The van der Waals surface area contributed by atoms with E-state index in [0.29, 0.717) is 10.2 Å². The molecule has 0 saturated heterocycles. The highest BCUT2D eigenvalue weighted by Crippen LogP contribution is 2.22. The Morgan fingerprint density at radius 1 is 1.14 bits per heavy atom. The lowest BCUT2D eigenvalue weighted by Gasteiger charge is -2.12. The second-order valence-corrected chi connectivity index (χ2v) is 5.05. The van der Waals surface area contributed by atoms with Crippen molar-refractivity contribution in [3.8, 4) is 5.75 Å². The number of carboxylic acids is 1. The van der Waals surface area contributed by atoms with E-state index < -0.39 is 5.97 Å². The number of carbonyl (C=O) groups is 2. The van der Waals surface area contributed by atoms with Crippen LogP contribution in [0.15, 0.2) is 53.0 Å². The van der Waals surface area contributed by atoms with E-state index in [1.165, 1.54) is 12.1 Å². The van der Waals surface area contributed by atoms with E-state index in [1.54, 1.807) is 30.3 Å². The summed E-state index contributed by atoms with van der Waals surface area (Å²) in [6, 6.07) is 13.3. The Morgan fingerprint density at radius 2 is 1.86 bits per heavy atom. The Bertz CT molecular complexity index is 658. The summed E-state index contributed by atoms with van der Waals surface area (Å²) in [7, 11) is 0. The van der Waals surface area contributed by atoms with E-state index in [4.69, 9.17) is 4.74 Å². The second kappa shape index (κ2) is 6.90. The molecule has 0 atom stereocenters. The number of hydrogen-bond acceptors (Lipinski definition) is 4. The van der Waals surface area contributed by atoms with Gasteiger partial charge in [0.05, 0.1) is 5.97 Å². The number of anilines is 1. The third kappa shape index (κ3) is 4.32. The highest BCUT2D eigenvalue weighted by atomic mass is 79.9. The van der Waals surface area contributed by atoms with Crippen molar-refractivity contribution in [1.29, 1.82) is 0 Å². The number of carboxylic acid groups (broad SMARTS) is 1. The maximum Gasteiger partial charge on any atom is 0.262 e. The van der Waals surface area contributed by atoms with Gasteiger partial charge < -0.3 is 20.0 Å². The van der Waals surface area contributed by atoms with E-state index >= 15 is 0 Å². The van der Waals surface area contributed by atoms with Gasteiger partial charge in [-0.15, -0.1) is 0 Å². The normalized spacial score (nSPS) is 9.95. The van der Waals surface area contributed by atoms with E-state index in [2.05, 4.69) is 21.2 Å². The van der Waals surface area contributed by atoms with E-state index in [0.717, 1.165) is 0 Å². The van der Waals surface area contributed by atoms with Crippen LogP contribution < -0.4 is 15.2 Å². The van der Waals surface area contributed by atoms with Crippen molar-refractivity contribution in [3.63, 3.8) is 0 Å². The van der Waals surface area contributed by atoms with Crippen molar-refractivity contribution in [2.24, 2.45) is 0 Å². The zero-order valence-corrected chi connectivity index (χ0v) is 12.4. The third-order valence-electron chi connectivity index (χ3n) is 2.58. The van der Waals surface area contributed by atoms with Gasteiger partial charge in [-0.2, -0.15) is 0 Å². The smallest absolute Gasteiger partial charge is 0.262 e. The molecule has 0 heterocycles. The molecule has 0 bridgehead atoms. The molecule has 0 radical (unpaired) electrons. The molecule has 108 valence electrons. The largest absolute Gasteiger partial charge is 0.545 e. The molecule has 0 aliphatic rings. The van der Waals surface area contributed by atoms with Crippen LogP contribution in [0.4, 0.5) is 5.69 Å². The molecule has 2 aromatic carbocycles. The number of halogens is 1. The van der Waals surface area contributed by atoms with Crippen LogP contribution in [-0.4, -0.2) is 18.5 Å². The van der Waals surface area contributed by atoms with Gasteiger partial charge in [-0.3, -0.25) is 4.79 Å². The molecule has 0 unspecified atom stereocenters. The van der Waals surface area contributed by atoms with Crippen molar-refractivity contribution in [1.82, 2.24) is 0 Å². The molecule has 0 aliphatic carbocycles. The molecule has 6 heteroatoms. The van der Waals surface area contributed by atoms with Crippen LogP contribution in [0.5, 0.6) is 5.75 Å². The van der Waals surface area contributed by atoms with Crippen molar-refractivity contribution >= 4 is 33.5 Å². The number of nitrogens with one attached hydrogen (secondary N) is 1. The highest BCUT2D eigenvalue weighted by molar-refractivity contribution is 9.10. The number of para-hydroxylation sites is 1. The van der Waals surface area contributed by atoms with Gasteiger partial charge in [-0.25, -0.2) is 0 Å². The van der Waals surface area contributed by atoms with Gasteiger partial charge in [-0.1, -0.05) is 34.1 Å². The van der Waals surface area contributed by atoms with Gasteiger partial charge in [0.15, 0.2) is 6.61 Å². The number of hydrogen-bond donors (Lipinski definition) is 1. The van der Waals surface area contributed by atoms with Gasteiger partial charge in [0.2, 0.25) is 0 Å². The Balaban J connectivity index is 2.00. The fourth-order valence-corrected chi connectivity index (χ4v) is 2.01. The van der Waals surface area contributed by atoms with Gasteiger partial charge in [-0.05, 0) is 30.3 Å². The number of ether oxygens (including phenoxy) is 1. The molecule has 5 nitrogen and oxygen atoms in total. The molecule has 0 saturated carbocycles. The molecular formula is C15H11BrNO4-. The molecule has 0 aliphatic heterocycles. The fraction of sp³-hybridized carbons (Fsp3) is 0.0667. The molecule has 21 heavy (non-hydrogen) atoms. The van der Waals surface area contributed by atoms with Crippen LogP contribution in [0.3, 0.4) is 0 Å². The lowest BCUT2D eigenvalue weighted by atomic mass is 10.2. The SMILES string of the molecule is O=C(COc1ccc(Br)cc1C(=O)[O-])Nc1ccccc1. The minimum atomic E-state index is -1.37. The summed E-state index contributed by atoms with van der Waals surface area (Å²) >= 11 is 3.16. The Hall–Kier alpha value is -2.34. The summed E-state index contributed by atoms with van der Waals surface area (Å²) in [4.78, 5) is 22.7. The molecule has 1 amide bonds. The van der Waals surface area contributed by atoms with Crippen LogP contribution in [-0.2, 0) is 4.79 Å². The summed E-state index contributed by atoms with van der Waals surface area (Å²) in [6.07, 6.45) is 0. The first-order valence-corrected chi connectivity index (χ1v) is 6.84. The minimum Gasteiger partial charge on any atom is -0.545 e. The molecule has 2 rings (SSSR count). The first-order chi connectivity index (χ1) is 10.1. The average molecular weight is 349 g/mol. The van der Waals surface area contributed by atoms with Crippen molar-refractivity contribution < 1.29 is 19.4 Å². The standard InChI is InChI=1S/C15H12BrNO4/c16-10-6-7-13(12(8-10)15(19)20)21-9-14(18)17-11-4-2-1-3-5-11/h1-8H,9H2,(H,17,18)(H,19,20)/p-1. The zero-order chi connectivity index (χ0) is 15.2. The van der Waals surface area contributed by atoms with Crippen LogP contribution in [0.1, 0.15) is 10.4 Å². The number of amides is 1. The first-order valence-electron chi connectivity index (χ1n) is 6.05. The van der Waals surface area contributed by atoms with Crippen molar-refractivity contribution in [3.05, 3.63) is 58.6 Å². The first kappa shape index (κ1) is 15.1. The number of carbonyl (C=O) groups excluding carboxylic acids is 2. The molecule has 0 fully saturated rings. The third-order valence-corrected chi connectivity index (χ3v) is 3.07. The average Bonchev–Trinajstić information content (AvgIpc) is 2.47. The molecule has 1 N–H and O–H groups in total. The van der Waals surface area contributed by atoms with Gasteiger partial charge >= 0.3 is 0 Å². The van der Waals surface area contributed by atoms with Crippen molar-refractivity contribution in [2.75, 3.05) is 11.9 Å². The maximum absolute atomic E-state index is 11.7. The highest BCUT2D eigenvalue weighted by Gasteiger charge is 2.08. The number of aromatic carboxylic acids is 1. The lowest BCUT2D eigenvalue weighted by molar-refractivity contribution is -0.255. The van der Waals surface area contributed by atoms with E-state index in [1.807, 2.05) is 6.07 Å². The Labute approximate surface area is 129 Å². The molecular weight excluding hydrogens is 338 g/mol. The van der Waals surface area contributed by atoms with Crippen LogP contribution in [0, 0.1) is 0 Å². The molecule has 0 spiro atoms. The van der Waals surface area contributed by atoms with Crippen molar-refractivity contribution in [2.45, 2.75) is 0 Å². The van der Waals surface area contributed by atoms with Gasteiger partial charge in [0.25, 0.3) is 5.91 Å².